The van der Waals surface area contributed by atoms with Gasteiger partial charge in [-0.3, -0.25) is 9.78 Å². The van der Waals surface area contributed by atoms with Crippen molar-refractivity contribution in [2.45, 2.75) is 0 Å². The Hall–Kier alpha value is -3.39. The van der Waals surface area contributed by atoms with E-state index >= 15 is 0 Å². The molecule has 1 heterocycles. The van der Waals surface area contributed by atoms with E-state index in [0.717, 1.165) is 10.0 Å². The average Bonchev–Trinajstić information content (AvgIpc) is 2.70. The van der Waals surface area contributed by atoms with Crippen LogP contribution >= 0.6 is 15.9 Å². The summed E-state index contributed by atoms with van der Waals surface area (Å²) in [5.74, 6) is -0.497. The molecule has 0 fully saturated rings. The Balaban J connectivity index is 1.56. The van der Waals surface area contributed by atoms with Crippen LogP contribution in [-0.2, 0) is 0 Å². The number of amides is 1. The van der Waals surface area contributed by atoms with Gasteiger partial charge in [-0.05, 0) is 54.1 Å². The van der Waals surface area contributed by atoms with E-state index in [9.17, 15) is 9.59 Å². The van der Waals surface area contributed by atoms with E-state index in [1.54, 1.807) is 48.5 Å². The molecule has 3 aromatic rings. The van der Waals surface area contributed by atoms with Crippen LogP contribution in [-0.4, -0.2) is 28.1 Å². The minimum atomic E-state index is -0.459. The second-order valence-electron chi connectivity index (χ2n) is 5.26. The first-order chi connectivity index (χ1) is 13.1. The summed E-state index contributed by atoms with van der Waals surface area (Å²) in [6.07, 6.45) is 5.71. The van der Waals surface area contributed by atoms with E-state index in [4.69, 9.17) is 4.74 Å². The molecular weight excluding hydrogens is 412 g/mol. The van der Waals surface area contributed by atoms with Crippen molar-refractivity contribution >= 4 is 34.0 Å². The molecule has 1 N–H and O–H groups in total. The summed E-state index contributed by atoms with van der Waals surface area (Å²) in [7, 11) is 0. The first kappa shape index (κ1) is 18.4. The number of nitrogens with zero attached hydrogens (tertiary/aromatic N) is 3. The third kappa shape index (κ3) is 5.29. The molecule has 0 saturated heterocycles. The summed E-state index contributed by atoms with van der Waals surface area (Å²) in [4.78, 5) is 31.5. The first-order valence-electron chi connectivity index (χ1n) is 7.79. The maximum atomic E-state index is 12.1. The number of carbonyl (C=O) groups excluding carboxylic acids is 2. The van der Waals surface area contributed by atoms with Crippen molar-refractivity contribution in [1.82, 2.24) is 15.4 Å². The van der Waals surface area contributed by atoms with Crippen molar-refractivity contribution in [2.75, 3.05) is 0 Å². The van der Waals surface area contributed by atoms with Gasteiger partial charge in [-0.15, -0.1) is 0 Å². The fourth-order valence-corrected chi connectivity index (χ4v) is 2.28. The van der Waals surface area contributed by atoms with Gasteiger partial charge in [0.1, 0.15) is 11.4 Å². The second-order valence-corrected chi connectivity index (χ2v) is 6.17. The molecule has 0 saturated carbocycles. The second kappa shape index (κ2) is 8.81. The van der Waals surface area contributed by atoms with Crippen molar-refractivity contribution < 1.29 is 14.3 Å². The number of nitrogens with one attached hydrogen (secondary N) is 1. The van der Waals surface area contributed by atoms with Crippen LogP contribution in [0, 0.1) is 0 Å². The quantitative estimate of drug-likeness (QED) is 0.293. The Morgan fingerprint density at radius 2 is 1.78 bits per heavy atom. The highest BCUT2D eigenvalue weighted by Gasteiger charge is 2.08. The first-order valence-corrected chi connectivity index (χ1v) is 8.58. The fourth-order valence-electron chi connectivity index (χ4n) is 2.01. The molecule has 134 valence electrons. The summed E-state index contributed by atoms with van der Waals surface area (Å²) in [5, 5.41) is 3.86. The van der Waals surface area contributed by atoms with E-state index in [1.807, 2.05) is 0 Å². The lowest BCUT2D eigenvalue weighted by Gasteiger charge is -2.04. The third-order valence-electron chi connectivity index (χ3n) is 3.35. The predicted molar refractivity (Wildman–Crippen MR) is 103 cm³/mol. The molecule has 0 atom stereocenters. The van der Waals surface area contributed by atoms with E-state index in [0.29, 0.717) is 11.3 Å². The zero-order chi connectivity index (χ0) is 19.1. The predicted octanol–water partition coefficient (Wildman–Crippen LogP) is 3.22. The largest absolute Gasteiger partial charge is 0.423 e. The van der Waals surface area contributed by atoms with Gasteiger partial charge in [0.2, 0.25) is 0 Å². The molecule has 2 aromatic carbocycles. The number of rotatable bonds is 5. The van der Waals surface area contributed by atoms with Crippen LogP contribution in [0.25, 0.3) is 0 Å². The Bertz CT molecular complexity index is 959. The van der Waals surface area contributed by atoms with Crippen LogP contribution in [0.4, 0.5) is 0 Å². The average molecular weight is 425 g/mol. The van der Waals surface area contributed by atoms with Crippen LogP contribution < -0.4 is 10.2 Å². The molecule has 27 heavy (non-hydrogen) atoms. The molecule has 0 aliphatic carbocycles. The molecule has 1 aromatic heterocycles. The van der Waals surface area contributed by atoms with Crippen LogP contribution in [0.2, 0.25) is 0 Å². The normalized spacial score (nSPS) is 10.6. The molecule has 7 nitrogen and oxygen atoms in total. The van der Waals surface area contributed by atoms with Gasteiger partial charge in [-0.2, -0.15) is 5.10 Å². The SMILES string of the molecule is O=C(Oc1ccc(/C=N/NC(=O)c2cnccn2)cc1)c1ccc(Br)cc1. The van der Waals surface area contributed by atoms with Crippen molar-refractivity contribution in [3.63, 3.8) is 0 Å². The zero-order valence-electron chi connectivity index (χ0n) is 13.9. The Morgan fingerprint density at radius 3 is 2.44 bits per heavy atom. The molecule has 3 rings (SSSR count). The molecular formula is C19H13BrN4O3. The molecule has 0 bridgehead atoms. The summed E-state index contributed by atoms with van der Waals surface area (Å²) < 4.78 is 6.20. The number of benzene rings is 2. The molecule has 0 aliphatic rings. The van der Waals surface area contributed by atoms with Crippen molar-refractivity contribution in [2.24, 2.45) is 5.10 Å². The van der Waals surface area contributed by atoms with Crippen LogP contribution in [0.3, 0.4) is 0 Å². The van der Waals surface area contributed by atoms with Gasteiger partial charge in [0.05, 0.1) is 18.0 Å². The highest BCUT2D eigenvalue weighted by molar-refractivity contribution is 9.10. The standard InChI is InChI=1S/C19H13BrN4O3/c20-15-5-3-14(4-6-15)19(26)27-16-7-1-13(2-8-16)11-23-24-18(25)17-12-21-9-10-22-17/h1-12H,(H,24,25)/b23-11+. The molecule has 0 aliphatic heterocycles. The molecule has 0 spiro atoms. The summed E-state index contributed by atoms with van der Waals surface area (Å²) in [6, 6.07) is 13.6. The van der Waals surface area contributed by atoms with Gasteiger partial charge in [0.25, 0.3) is 5.91 Å². The maximum Gasteiger partial charge on any atom is 0.343 e. The smallest absolute Gasteiger partial charge is 0.343 e. The molecule has 0 radical (unpaired) electrons. The van der Waals surface area contributed by atoms with Crippen molar-refractivity contribution in [3.05, 3.63) is 88.4 Å². The lowest BCUT2D eigenvalue weighted by molar-refractivity contribution is 0.0734. The number of hydrogen-bond acceptors (Lipinski definition) is 6. The molecule has 0 unspecified atom stereocenters. The van der Waals surface area contributed by atoms with Gasteiger partial charge in [0.15, 0.2) is 0 Å². The Labute approximate surface area is 163 Å². The minimum absolute atomic E-state index is 0.171. The number of ether oxygens (including phenoxy) is 1. The number of hydrazone groups is 1. The molecule has 1 amide bonds. The Kier molecular flexibility index (Phi) is 6.01. The topological polar surface area (TPSA) is 93.5 Å². The zero-order valence-corrected chi connectivity index (χ0v) is 15.5. The third-order valence-corrected chi connectivity index (χ3v) is 3.87. The highest BCUT2D eigenvalue weighted by Crippen LogP contribution is 2.15. The molecule has 8 heteroatoms. The van der Waals surface area contributed by atoms with E-state index in [-0.39, 0.29) is 5.69 Å². The van der Waals surface area contributed by atoms with E-state index in [2.05, 4.69) is 36.4 Å². The maximum absolute atomic E-state index is 12.1. The lowest BCUT2D eigenvalue weighted by atomic mass is 10.2. The van der Waals surface area contributed by atoms with Gasteiger partial charge >= 0.3 is 5.97 Å². The number of esters is 1. The summed E-state index contributed by atoms with van der Waals surface area (Å²) in [5.41, 5.74) is 3.70. The number of aromatic nitrogens is 2. The van der Waals surface area contributed by atoms with E-state index < -0.39 is 11.9 Å². The van der Waals surface area contributed by atoms with Crippen LogP contribution in [0.15, 0.2) is 76.7 Å². The van der Waals surface area contributed by atoms with Gasteiger partial charge in [-0.1, -0.05) is 15.9 Å². The highest BCUT2D eigenvalue weighted by atomic mass is 79.9. The van der Waals surface area contributed by atoms with Gasteiger partial charge in [-0.25, -0.2) is 15.2 Å². The summed E-state index contributed by atoms with van der Waals surface area (Å²) >= 11 is 3.31. The number of carbonyl (C=O) groups is 2. The number of halogens is 1. The van der Waals surface area contributed by atoms with Gasteiger partial charge in [0, 0.05) is 16.9 Å². The number of hydrogen-bond donors (Lipinski definition) is 1. The summed E-state index contributed by atoms with van der Waals surface area (Å²) in [6.45, 7) is 0. The van der Waals surface area contributed by atoms with Crippen molar-refractivity contribution in [1.29, 1.82) is 0 Å². The fraction of sp³-hybridized carbons (Fsp3) is 0. The van der Waals surface area contributed by atoms with Crippen LogP contribution in [0.1, 0.15) is 26.4 Å². The van der Waals surface area contributed by atoms with Gasteiger partial charge < -0.3 is 4.74 Å². The minimum Gasteiger partial charge on any atom is -0.423 e. The Morgan fingerprint density at radius 1 is 1.04 bits per heavy atom. The van der Waals surface area contributed by atoms with E-state index in [1.165, 1.54) is 24.8 Å². The monoisotopic (exact) mass is 424 g/mol. The van der Waals surface area contributed by atoms with Crippen LogP contribution in [0.5, 0.6) is 5.75 Å². The lowest BCUT2D eigenvalue weighted by Crippen LogP contribution is -2.19. The van der Waals surface area contributed by atoms with Crippen molar-refractivity contribution in [3.8, 4) is 5.75 Å².